The summed E-state index contributed by atoms with van der Waals surface area (Å²) in [6.45, 7) is 5.97. The van der Waals surface area contributed by atoms with E-state index in [1.165, 1.54) is 12.8 Å². The van der Waals surface area contributed by atoms with Gasteiger partial charge in [-0.2, -0.15) is 5.10 Å². The summed E-state index contributed by atoms with van der Waals surface area (Å²) in [6.07, 6.45) is 8.01. The smallest absolute Gasteiger partial charge is 0.257 e. The molecule has 8 nitrogen and oxygen atoms in total. The molecule has 29 heavy (non-hydrogen) atoms. The van der Waals surface area contributed by atoms with E-state index < -0.39 is 0 Å². The summed E-state index contributed by atoms with van der Waals surface area (Å²) in [5, 5.41) is 8.01. The molecule has 3 aliphatic rings. The first-order valence-electron chi connectivity index (χ1n) is 10.8. The van der Waals surface area contributed by atoms with E-state index in [2.05, 4.69) is 27.3 Å². The zero-order valence-electron chi connectivity index (χ0n) is 17.1. The number of aryl methyl sites for hydroxylation is 1. The first-order chi connectivity index (χ1) is 14.2. The van der Waals surface area contributed by atoms with Crippen molar-refractivity contribution in [3.8, 4) is 0 Å². The number of hydrogen-bond acceptors (Lipinski definition) is 6. The van der Waals surface area contributed by atoms with Crippen LogP contribution in [0.25, 0.3) is 0 Å². The van der Waals surface area contributed by atoms with Gasteiger partial charge in [0.2, 0.25) is 0 Å². The molecular formula is C21H30N6O2. The summed E-state index contributed by atoms with van der Waals surface area (Å²) in [5.74, 6) is 3.01. The first kappa shape index (κ1) is 18.8. The molecule has 2 aromatic heterocycles. The number of rotatable bonds is 6. The Kier molecular flexibility index (Phi) is 5.13. The predicted octanol–water partition coefficient (Wildman–Crippen LogP) is 1.49. The summed E-state index contributed by atoms with van der Waals surface area (Å²) in [6, 6.07) is 0. The Morgan fingerprint density at radius 2 is 2.00 bits per heavy atom. The van der Waals surface area contributed by atoms with Crippen LogP contribution in [0.1, 0.15) is 52.9 Å². The van der Waals surface area contributed by atoms with Gasteiger partial charge in [0.05, 0.1) is 30.2 Å². The second-order valence-electron chi connectivity index (χ2n) is 8.75. The Morgan fingerprint density at radius 3 is 2.79 bits per heavy atom. The van der Waals surface area contributed by atoms with Crippen molar-refractivity contribution >= 4 is 5.91 Å². The van der Waals surface area contributed by atoms with E-state index in [9.17, 15) is 4.79 Å². The normalized spacial score (nSPS) is 22.7. The molecule has 1 atom stereocenters. The molecule has 0 bridgehead atoms. The van der Waals surface area contributed by atoms with Crippen molar-refractivity contribution < 1.29 is 9.21 Å². The minimum atomic E-state index is 0.141. The maximum Gasteiger partial charge on any atom is 0.257 e. The fourth-order valence-corrected chi connectivity index (χ4v) is 4.35. The lowest BCUT2D eigenvalue weighted by Crippen LogP contribution is -2.47. The van der Waals surface area contributed by atoms with Crippen LogP contribution in [0.2, 0.25) is 0 Å². The van der Waals surface area contributed by atoms with Gasteiger partial charge in [0.25, 0.3) is 5.91 Å². The molecule has 1 N–H and O–H groups in total. The van der Waals surface area contributed by atoms with Crippen LogP contribution >= 0.6 is 0 Å². The number of likely N-dealkylation sites (N-methyl/N-ethyl adjacent to an activating group) is 1. The molecule has 1 aliphatic carbocycles. The average Bonchev–Trinajstić information content (AvgIpc) is 3.33. The average molecular weight is 399 g/mol. The van der Waals surface area contributed by atoms with Gasteiger partial charge in [-0.25, -0.2) is 4.98 Å². The van der Waals surface area contributed by atoms with Crippen molar-refractivity contribution in [1.29, 1.82) is 0 Å². The number of carbonyl (C=O) groups excluding carboxylic acids is 1. The Hall–Kier alpha value is -2.19. The van der Waals surface area contributed by atoms with Gasteiger partial charge in [-0.1, -0.05) is 0 Å². The molecule has 1 unspecified atom stereocenters. The van der Waals surface area contributed by atoms with Crippen LogP contribution in [0, 0.1) is 5.92 Å². The molecule has 1 saturated heterocycles. The second-order valence-corrected chi connectivity index (χ2v) is 8.75. The van der Waals surface area contributed by atoms with Crippen LogP contribution in [0.5, 0.6) is 0 Å². The number of oxazole rings is 1. The van der Waals surface area contributed by atoms with Gasteiger partial charge in [-0.05, 0) is 45.2 Å². The number of nitrogens with zero attached hydrogens (tertiary/aromatic N) is 5. The predicted molar refractivity (Wildman–Crippen MR) is 108 cm³/mol. The molecule has 5 rings (SSSR count). The molecular weight excluding hydrogens is 368 g/mol. The Morgan fingerprint density at radius 1 is 1.17 bits per heavy atom. The number of carbonyl (C=O) groups is 1. The maximum absolute atomic E-state index is 13.0. The quantitative estimate of drug-likeness (QED) is 0.794. The summed E-state index contributed by atoms with van der Waals surface area (Å²) in [7, 11) is 2.10. The maximum atomic E-state index is 13.0. The molecule has 156 valence electrons. The van der Waals surface area contributed by atoms with E-state index in [4.69, 9.17) is 4.42 Å². The van der Waals surface area contributed by atoms with Crippen LogP contribution in [-0.2, 0) is 19.5 Å². The van der Waals surface area contributed by atoms with Gasteiger partial charge < -0.3 is 19.5 Å². The lowest BCUT2D eigenvalue weighted by Gasteiger charge is -2.32. The molecule has 2 aliphatic heterocycles. The Balaban J connectivity index is 1.17. The third-order valence-electron chi connectivity index (χ3n) is 6.43. The monoisotopic (exact) mass is 398 g/mol. The largest absolute Gasteiger partial charge is 0.444 e. The van der Waals surface area contributed by atoms with E-state index in [0.717, 1.165) is 75.0 Å². The summed E-state index contributed by atoms with van der Waals surface area (Å²) in [4.78, 5) is 21.6. The van der Waals surface area contributed by atoms with Crippen molar-refractivity contribution in [3.63, 3.8) is 0 Å². The van der Waals surface area contributed by atoms with Gasteiger partial charge in [0, 0.05) is 38.6 Å². The minimum Gasteiger partial charge on any atom is -0.444 e. The highest BCUT2D eigenvalue weighted by molar-refractivity contribution is 5.95. The highest BCUT2D eigenvalue weighted by Crippen LogP contribution is 2.39. The number of aromatic nitrogens is 3. The fourth-order valence-electron chi connectivity index (χ4n) is 4.35. The van der Waals surface area contributed by atoms with Crippen LogP contribution in [0.15, 0.2) is 16.8 Å². The molecule has 0 radical (unpaired) electrons. The van der Waals surface area contributed by atoms with E-state index in [-0.39, 0.29) is 5.91 Å². The molecule has 4 heterocycles. The summed E-state index contributed by atoms with van der Waals surface area (Å²) < 4.78 is 7.85. The number of nitrogens with one attached hydrogen (secondary N) is 1. The van der Waals surface area contributed by atoms with Gasteiger partial charge in [0.15, 0.2) is 5.89 Å². The zero-order valence-corrected chi connectivity index (χ0v) is 17.1. The fraction of sp³-hybridized carbons (Fsp3) is 0.667. The lowest BCUT2D eigenvalue weighted by molar-refractivity contribution is 0.0662. The topological polar surface area (TPSA) is 79.4 Å². The number of piperazine rings is 1. The summed E-state index contributed by atoms with van der Waals surface area (Å²) in [5.41, 5.74) is 1.89. The molecule has 2 aromatic rings. The number of amides is 1. The highest BCUT2D eigenvalue weighted by Gasteiger charge is 2.30. The molecule has 0 aromatic carbocycles. The second kappa shape index (κ2) is 7.91. The van der Waals surface area contributed by atoms with Gasteiger partial charge in [-0.15, -0.1) is 0 Å². The first-order valence-corrected chi connectivity index (χ1v) is 10.8. The summed E-state index contributed by atoms with van der Waals surface area (Å²) >= 11 is 0. The highest BCUT2D eigenvalue weighted by atomic mass is 16.4. The van der Waals surface area contributed by atoms with Crippen molar-refractivity contribution in [1.82, 2.24) is 29.9 Å². The van der Waals surface area contributed by atoms with Crippen molar-refractivity contribution in [2.45, 2.75) is 44.7 Å². The van der Waals surface area contributed by atoms with Crippen molar-refractivity contribution in [2.24, 2.45) is 5.92 Å². The van der Waals surface area contributed by atoms with E-state index >= 15 is 0 Å². The van der Waals surface area contributed by atoms with E-state index in [0.29, 0.717) is 18.4 Å². The zero-order chi connectivity index (χ0) is 19.8. The molecule has 1 saturated carbocycles. The molecule has 0 spiro atoms. The van der Waals surface area contributed by atoms with Crippen LogP contribution < -0.4 is 5.32 Å². The minimum absolute atomic E-state index is 0.141. The van der Waals surface area contributed by atoms with Crippen molar-refractivity contribution in [2.75, 3.05) is 39.8 Å². The Labute approximate surface area is 171 Å². The van der Waals surface area contributed by atoms with Crippen LogP contribution in [0.3, 0.4) is 0 Å². The molecule has 8 heteroatoms. The number of fused-ring (bicyclic) bond motifs is 1. The lowest BCUT2D eigenvalue weighted by atomic mass is 9.94. The SMILES string of the molecule is CN1CCN(C(=O)c2cnn3c2CC(CNCc2cnc(C4CC4)o2)CC3)CC1. The van der Waals surface area contributed by atoms with Gasteiger partial charge in [0.1, 0.15) is 5.76 Å². The van der Waals surface area contributed by atoms with Gasteiger partial charge in [-0.3, -0.25) is 9.48 Å². The molecule has 1 amide bonds. The van der Waals surface area contributed by atoms with Crippen LogP contribution in [0.4, 0.5) is 0 Å². The molecule has 2 fully saturated rings. The van der Waals surface area contributed by atoms with Crippen LogP contribution in [-0.4, -0.2) is 70.2 Å². The van der Waals surface area contributed by atoms with Crippen molar-refractivity contribution in [3.05, 3.63) is 35.3 Å². The van der Waals surface area contributed by atoms with E-state index in [1.54, 1.807) is 6.20 Å². The third-order valence-corrected chi connectivity index (χ3v) is 6.43. The van der Waals surface area contributed by atoms with Gasteiger partial charge >= 0.3 is 0 Å². The van der Waals surface area contributed by atoms with E-state index in [1.807, 2.05) is 15.8 Å². The standard InChI is InChI=1S/C21H30N6O2/c1-25-6-8-26(9-7-25)21(28)18-14-24-27-5-4-15(10-19(18)27)11-22-12-17-13-23-20(29-17)16-2-3-16/h13-16,22H,2-12H2,1H3. The third kappa shape index (κ3) is 4.09. The number of hydrogen-bond donors (Lipinski definition) is 1. The Bertz CT molecular complexity index is 862.